The van der Waals surface area contributed by atoms with E-state index in [9.17, 15) is 8.42 Å². The molecule has 2 aliphatic rings. The van der Waals surface area contributed by atoms with Gasteiger partial charge in [0.1, 0.15) is 0 Å². The summed E-state index contributed by atoms with van der Waals surface area (Å²) in [6.45, 7) is 1.30. The highest BCUT2D eigenvalue weighted by Gasteiger charge is 2.23. The Balaban J connectivity index is 1.72. The van der Waals surface area contributed by atoms with Crippen molar-refractivity contribution in [2.45, 2.75) is 31.5 Å². The van der Waals surface area contributed by atoms with Crippen LogP contribution >= 0.6 is 0 Å². The number of hydrogen-bond acceptors (Lipinski definition) is 4. The average molecular weight is 232 g/mol. The number of sulfone groups is 1. The molecule has 0 radical (unpaired) electrons. The van der Waals surface area contributed by atoms with Crippen molar-refractivity contribution < 1.29 is 17.9 Å². The Hall–Kier alpha value is -0.390. The standard InChI is InChI=1S/C10H16O4S/c11-15(12)6-4-10(8-15)14-7-9-3-1-2-5-13-9/h4,6,9-10H,1-3,5,7-8H2. The summed E-state index contributed by atoms with van der Waals surface area (Å²) < 4.78 is 33.2. The third-order valence-corrected chi connectivity index (χ3v) is 4.03. The summed E-state index contributed by atoms with van der Waals surface area (Å²) in [5.74, 6) is 0.0831. The predicted octanol–water partition coefficient (Wildman–Crippen LogP) is 0.883. The zero-order chi connectivity index (χ0) is 10.7. The number of hydrogen-bond donors (Lipinski definition) is 0. The summed E-state index contributed by atoms with van der Waals surface area (Å²) in [4.78, 5) is 0. The molecule has 0 bridgehead atoms. The number of ether oxygens (including phenoxy) is 2. The smallest absolute Gasteiger partial charge is 0.174 e. The molecule has 0 amide bonds. The first kappa shape index (κ1) is 11.1. The molecule has 15 heavy (non-hydrogen) atoms. The van der Waals surface area contributed by atoms with Crippen molar-refractivity contribution in [3.63, 3.8) is 0 Å². The lowest BCUT2D eigenvalue weighted by molar-refractivity contribution is -0.0492. The van der Waals surface area contributed by atoms with Crippen molar-refractivity contribution in [3.05, 3.63) is 11.5 Å². The van der Waals surface area contributed by atoms with E-state index in [1.807, 2.05) is 0 Å². The molecule has 2 aliphatic heterocycles. The molecule has 4 nitrogen and oxygen atoms in total. The molecule has 5 heteroatoms. The molecule has 0 saturated carbocycles. The molecular weight excluding hydrogens is 216 g/mol. The monoisotopic (exact) mass is 232 g/mol. The van der Waals surface area contributed by atoms with E-state index in [0.717, 1.165) is 19.4 Å². The van der Waals surface area contributed by atoms with E-state index in [0.29, 0.717) is 6.61 Å². The highest BCUT2D eigenvalue weighted by atomic mass is 32.2. The molecule has 0 aromatic heterocycles. The van der Waals surface area contributed by atoms with Crippen LogP contribution in [0.3, 0.4) is 0 Å². The van der Waals surface area contributed by atoms with Crippen LogP contribution < -0.4 is 0 Å². The van der Waals surface area contributed by atoms with Gasteiger partial charge in [0.15, 0.2) is 9.84 Å². The van der Waals surface area contributed by atoms with E-state index in [1.54, 1.807) is 6.08 Å². The summed E-state index contributed by atoms with van der Waals surface area (Å²) in [6, 6.07) is 0. The Morgan fingerprint density at radius 2 is 2.27 bits per heavy atom. The van der Waals surface area contributed by atoms with E-state index >= 15 is 0 Å². The lowest BCUT2D eigenvalue weighted by Crippen LogP contribution is -2.27. The second kappa shape index (κ2) is 4.63. The van der Waals surface area contributed by atoms with Gasteiger partial charge in [-0.15, -0.1) is 0 Å². The van der Waals surface area contributed by atoms with Crippen molar-refractivity contribution in [2.24, 2.45) is 0 Å². The van der Waals surface area contributed by atoms with Gasteiger partial charge < -0.3 is 9.47 Å². The molecule has 1 saturated heterocycles. The zero-order valence-corrected chi connectivity index (χ0v) is 9.41. The molecule has 86 valence electrons. The second-order valence-electron chi connectivity index (χ2n) is 4.02. The van der Waals surface area contributed by atoms with Crippen LogP contribution in [0.1, 0.15) is 19.3 Å². The van der Waals surface area contributed by atoms with Crippen LogP contribution in [0.5, 0.6) is 0 Å². The molecule has 0 spiro atoms. The Bertz CT molecular complexity index is 327. The third-order valence-electron chi connectivity index (χ3n) is 2.67. The minimum atomic E-state index is -2.99. The molecule has 0 aromatic carbocycles. The van der Waals surface area contributed by atoms with Gasteiger partial charge >= 0.3 is 0 Å². The zero-order valence-electron chi connectivity index (χ0n) is 8.59. The van der Waals surface area contributed by atoms with Crippen molar-refractivity contribution in [3.8, 4) is 0 Å². The average Bonchev–Trinajstić information content (AvgIpc) is 2.57. The quantitative estimate of drug-likeness (QED) is 0.725. The van der Waals surface area contributed by atoms with Crippen LogP contribution in [0.25, 0.3) is 0 Å². The maximum absolute atomic E-state index is 11.1. The van der Waals surface area contributed by atoms with Gasteiger partial charge in [0.2, 0.25) is 0 Å². The van der Waals surface area contributed by atoms with Gasteiger partial charge in [-0.2, -0.15) is 0 Å². The second-order valence-corrected chi connectivity index (χ2v) is 5.95. The highest BCUT2D eigenvalue weighted by Crippen LogP contribution is 2.16. The van der Waals surface area contributed by atoms with E-state index in [-0.39, 0.29) is 18.0 Å². The fourth-order valence-corrected chi connectivity index (χ4v) is 3.01. The first-order valence-electron chi connectivity index (χ1n) is 5.30. The van der Waals surface area contributed by atoms with Gasteiger partial charge in [-0.3, -0.25) is 0 Å². The van der Waals surface area contributed by atoms with Gasteiger partial charge in [-0.25, -0.2) is 8.42 Å². The van der Waals surface area contributed by atoms with Gasteiger partial charge in [0.05, 0.1) is 24.6 Å². The Kier molecular flexibility index (Phi) is 3.43. The van der Waals surface area contributed by atoms with Crippen molar-refractivity contribution in [1.29, 1.82) is 0 Å². The van der Waals surface area contributed by atoms with Crippen LogP contribution in [0.4, 0.5) is 0 Å². The molecule has 2 rings (SSSR count). The van der Waals surface area contributed by atoms with E-state index in [2.05, 4.69) is 0 Å². The lowest BCUT2D eigenvalue weighted by atomic mass is 10.1. The van der Waals surface area contributed by atoms with Gasteiger partial charge in [0, 0.05) is 12.0 Å². The molecule has 1 fully saturated rings. The van der Waals surface area contributed by atoms with Gasteiger partial charge in [-0.05, 0) is 25.3 Å². The van der Waals surface area contributed by atoms with Crippen molar-refractivity contribution in [2.75, 3.05) is 19.0 Å². The maximum atomic E-state index is 11.1. The van der Waals surface area contributed by atoms with E-state index in [1.165, 1.54) is 11.8 Å². The number of rotatable bonds is 3. The van der Waals surface area contributed by atoms with E-state index in [4.69, 9.17) is 9.47 Å². The fourth-order valence-electron chi connectivity index (χ4n) is 1.82. The largest absolute Gasteiger partial charge is 0.376 e. The Labute approximate surface area is 90.2 Å². The summed E-state index contributed by atoms with van der Waals surface area (Å²) in [6.07, 6.45) is 4.79. The lowest BCUT2D eigenvalue weighted by Gasteiger charge is -2.23. The summed E-state index contributed by atoms with van der Waals surface area (Å²) in [7, 11) is -2.99. The summed E-state index contributed by atoms with van der Waals surface area (Å²) in [5, 5.41) is 1.24. The first-order chi connectivity index (χ1) is 7.16. The van der Waals surface area contributed by atoms with Crippen LogP contribution in [-0.4, -0.2) is 39.6 Å². The molecule has 2 atom stereocenters. The van der Waals surface area contributed by atoms with Crippen LogP contribution in [0.15, 0.2) is 11.5 Å². The van der Waals surface area contributed by atoms with Crippen LogP contribution in [0, 0.1) is 0 Å². The molecular formula is C10H16O4S. The topological polar surface area (TPSA) is 52.6 Å². The van der Waals surface area contributed by atoms with Crippen LogP contribution in [-0.2, 0) is 19.3 Å². The van der Waals surface area contributed by atoms with Gasteiger partial charge in [0.25, 0.3) is 0 Å². The SMILES string of the molecule is O=S1(=O)C=CC(OCC2CCCCO2)C1. The van der Waals surface area contributed by atoms with Crippen LogP contribution in [0.2, 0.25) is 0 Å². The van der Waals surface area contributed by atoms with Crippen molar-refractivity contribution >= 4 is 9.84 Å². The minimum absolute atomic E-state index is 0.0831. The molecule has 0 aliphatic carbocycles. The van der Waals surface area contributed by atoms with Gasteiger partial charge in [-0.1, -0.05) is 0 Å². The summed E-state index contributed by atoms with van der Waals surface area (Å²) in [5.41, 5.74) is 0. The maximum Gasteiger partial charge on any atom is 0.174 e. The fraction of sp³-hybridized carbons (Fsp3) is 0.800. The van der Waals surface area contributed by atoms with Crippen molar-refractivity contribution in [1.82, 2.24) is 0 Å². The normalized spacial score (nSPS) is 34.4. The highest BCUT2D eigenvalue weighted by molar-refractivity contribution is 7.94. The Morgan fingerprint density at radius 3 is 2.87 bits per heavy atom. The molecule has 2 heterocycles. The third kappa shape index (κ3) is 3.29. The summed E-state index contributed by atoms with van der Waals surface area (Å²) >= 11 is 0. The minimum Gasteiger partial charge on any atom is -0.376 e. The molecule has 0 aromatic rings. The predicted molar refractivity (Wildman–Crippen MR) is 56.3 cm³/mol. The molecule has 0 N–H and O–H groups in total. The first-order valence-corrected chi connectivity index (χ1v) is 7.01. The Morgan fingerprint density at radius 1 is 1.40 bits per heavy atom. The van der Waals surface area contributed by atoms with E-state index < -0.39 is 9.84 Å². The molecule has 2 unspecified atom stereocenters.